The van der Waals surface area contributed by atoms with Gasteiger partial charge in [-0.3, -0.25) is 4.90 Å². The molecule has 1 unspecified atom stereocenters. The van der Waals surface area contributed by atoms with Crippen LogP contribution in [0.15, 0.2) is 66.7 Å². The molecule has 0 amide bonds. The van der Waals surface area contributed by atoms with Crippen LogP contribution in [0.4, 0.5) is 11.4 Å². The van der Waals surface area contributed by atoms with Crippen LogP contribution in [0.5, 0.6) is 0 Å². The van der Waals surface area contributed by atoms with Gasteiger partial charge < -0.3 is 14.9 Å². The average Bonchev–Trinajstić information content (AvgIpc) is 2.80. The molecule has 164 valence electrons. The van der Waals surface area contributed by atoms with Crippen molar-refractivity contribution in [3.8, 4) is 11.1 Å². The second kappa shape index (κ2) is 8.49. The zero-order chi connectivity index (χ0) is 22.2. The quantitative estimate of drug-likeness (QED) is 0.619. The Morgan fingerprint density at radius 2 is 1.78 bits per heavy atom. The van der Waals surface area contributed by atoms with Crippen LogP contribution >= 0.6 is 11.6 Å². The van der Waals surface area contributed by atoms with Gasteiger partial charge in [0.15, 0.2) is 0 Å². The number of hydrogen-bond acceptors (Lipinski definition) is 4. The maximum absolute atomic E-state index is 11.4. The number of carboxylic acids is 1. The molecule has 5 rings (SSSR count). The van der Waals surface area contributed by atoms with E-state index in [2.05, 4.69) is 58.1 Å². The fourth-order valence-corrected chi connectivity index (χ4v) is 5.09. The molecule has 2 aliphatic heterocycles. The summed E-state index contributed by atoms with van der Waals surface area (Å²) in [4.78, 5) is 18.6. The van der Waals surface area contributed by atoms with E-state index in [0.29, 0.717) is 11.6 Å². The number of rotatable bonds is 4. The van der Waals surface area contributed by atoms with E-state index in [-0.39, 0.29) is 0 Å². The maximum atomic E-state index is 11.4. The van der Waals surface area contributed by atoms with Gasteiger partial charge in [-0.2, -0.15) is 0 Å². The lowest BCUT2D eigenvalue weighted by molar-refractivity contribution is 0.0697. The minimum Gasteiger partial charge on any atom is -0.478 e. The van der Waals surface area contributed by atoms with Crippen LogP contribution in [0, 0.1) is 0 Å². The Morgan fingerprint density at radius 3 is 2.56 bits per heavy atom. The highest BCUT2D eigenvalue weighted by Crippen LogP contribution is 2.37. The van der Waals surface area contributed by atoms with E-state index < -0.39 is 5.97 Å². The smallest absolute Gasteiger partial charge is 0.335 e. The summed E-state index contributed by atoms with van der Waals surface area (Å²) >= 11 is 6.09. The Bertz CT molecular complexity index is 1150. The van der Waals surface area contributed by atoms with E-state index in [1.807, 2.05) is 18.2 Å². The number of nitrogens with zero attached hydrogens (tertiary/aromatic N) is 3. The third-order valence-electron chi connectivity index (χ3n) is 6.56. The highest BCUT2D eigenvalue weighted by molar-refractivity contribution is 6.30. The molecule has 0 spiro atoms. The number of halogens is 1. The summed E-state index contributed by atoms with van der Waals surface area (Å²) < 4.78 is 0. The molecule has 32 heavy (non-hydrogen) atoms. The first-order chi connectivity index (χ1) is 15.5. The molecule has 2 aliphatic rings. The van der Waals surface area contributed by atoms with Gasteiger partial charge >= 0.3 is 5.97 Å². The number of carboxylic acid groups (broad SMARTS) is 1. The van der Waals surface area contributed by atoms with E-state index >= 15 is 0 Å². The molecular weight excluding hydrogens is 422 g/mol. The van der Waals surface area contributed by atoms with Gasteiger partial charge in [-0.05, 0) is 47.0 Å². The van der Waals surface area contributed by atoms with Crippen molar-refractivity contribution in [3.63, 3.8) is 0 Å². The Kier molecular flexibility index (Phi) is 5.53. The first-order valence-electron chi connectivity index (χ1n) is 10.9. The molecule has 0 saturated carbocycles. The third kappa shape index (κ3) is 3.94. The van der Waals surface area contributed by atoms with Crippen LogP contribution in [-0.4, -0.2) is 55.2 Å². The lowest BCUT2D eigenvalue weighted by atomic mass is 9.98. The average molecular weight is 448 g/mol. The van der Waals surface area contributed by atoms with Crippen LogP contribution in [0.25, 0.3) is 11.1 Å². The second-order valence-electron chi connectivity index (χ2n) is 8.64. The van der Waals surface area contributed by atoms with Crippen molar-refractivity contribution in [1.29, 1.82) is 0 Å². The molecule has 0 aliphatic carbocycles. The summed E-state index contributed by atoms with van der Waals surface area (Å²) in [5, 5.41) is 10.1. The van der Waals surface area contributed by atoms with Crippen molar-refractivity contribution >= 4 is 28.9 Å². The maximum Gasteiger partial charge on any atom is 0.335 e. The van der Waals surface area contributed by atoms with Crippen molar-refractivity contribution in [2.45, 2.75) is 12.6 Å². The molecule has 3 aromatic rings. The molecule has 1 saturated heterocycles. The summed E-state index contributed by atoms with van der Waals surface area (Å²) in [5.74, 6) is -0.882. The van der Waals surface area contributed by atoms with Gasteiger partial charge in [0.2, 0.25) is 0 Å². The number of aromatic carboxylic acids is 1. The highest BCUT2D eigenvalue weighted by Gasteiger charge is 2.34. The van der Waals surface area contributed by atoms with Gasteiger partial charge in [-0.25, -0.2) is 4.79 Å². The lowest BCUT2D eigenvalue weighted by Crippen LogP contribution is -2.59. The van der Waals surface area contributed by atoms with E-state index in [1.165, 1.54) is 16.7 Å². The Hall–Kier alpha value is -3.02. The molecule has 1 atom stereocenters. The van der Waals surface area contributed by atoms with Crippen molar-refractivity contribution in [2.24, 2.45) is 0 Å². The zero-order valence-electron chi connectivity index (χ0n) is 18.0. The molecule has 2 heterocycles. The number of hydrogen-bond donors (Lipinski definition) is 1. The fraction of sp³-hybridized carbons (Fsp3) is 0.269. The topological polar surface area (TPSA) is 47.0 Å². The van der Waals surface area contributed by atoms with Crippen molar-refractivity contribution in [3.05, 3.63) is 82.9 Å². The fourth-order valence-electron chi connectivity index (χ4n) is 4.97. The van der Waals surface area contributed by atoms with Crippen molar-refractivity contribution in [1.82, 2.24) is 4.90 Å². The van der Waals surface area contributed by atoms with Crippen LogP contribution in [0.1, 0.15) is 15.9 Å². The van der Waals surface area contributed by atoms with Crippen molar-refractivity contribution < 1.29 is 9.90 Å². The summed E-state index contributed by atoms with van der Waals surface area (Å²) in [6, 6.07) is 22.5. The standard InChI is InChI=1S/C26H26ClN3O2/c1-28-16-22-17-29(12-13-30(22)24-11-8-19(26(31)32)14-25(24)28)15-20-4-2-3-5-23(20)18-6-9-21(27)10-7-18/h2-11,14,22H,12-13,15-17H2,1H3,(H,31,32). The number of likely N-dealkylation sites (N-methyl/N-ethyl adjacent to an activating group) is 1. The minimum absolute atomic E-state index is 0.339. The molecule has 3 aromatic carbocycles. The minimum atomic E-state index is -0.882. The van der Waals surface area contributed by atoms with E-state index in [0.717, 1.165) is 49.1 Å². The number of piperazine rings is 1. The van der Waals surface area contributed by atoms with Gasteiger partial charge in [0.05, 0.1) is 23.0 Å². The number of carbonyl (C=O) groups is 1. The monoisotopic (exact) mass is 447 g/mol. The van der Waals surface area contributed by atoms with Gasteiger partial charge in [0, 0.05) is 44.8 Å². The molecule has 0 aromatic heterocycles. The van der Waals surface area contributed by atoms with Gasteiger partial charge in [-0.15, -0.1) is 0 Å². The van der Waals surface area contributed by atoms with Crippen LogP contribution in [-0.2, 0) is 6.54 Å². The predicted octanol–water partition coefficient (Wildman–Crippen LogP) is 4.85. The lowest BCUT2D eigenvalue weighted by Gasteiger charge is -2.49. The van der Waals surface area contributed by atoms with E-state index in [9.17, 15) is 9.90 Å². The summed E-state index contributed by atoms with van der Waals surface area (Å²) in [6.07, 6.45) is 0. The molecular formula is C26H26ClN3O2. The first-order valence-corrected chi connectivity index (χ1v) is 11.3. The molecule has 6 heteroatoms. The van der Waals surface area contributed by atoms with Crippen molar-refractivity contribution in [2.75, 3.05) is 43.0 Å². The normalized spacial score (nSPS) is 18.2. The SMILES string of the molecule is CN1CC2CN(Cc3ccccc3-c3ccc(Cl)cc3)CCN2c2ccc(C(=O)O)cc21. The van der Waals surface area contributed by atoms with Gasteiger partial charge in [-0.1, -0.05) is 48.0 Å². The third-order valence-corrected chi connectivity index (χ3v) is 6.81. The van der Waals surface area contributed by atoms with Gasteiger partial charge in [0.1, 0.15) is 0 Å². The molecule has 0 bridgehead atoms. The summed E-state index contributed by atoms with van der Waals surface area (Å²) in [7, 11) is 2.05. The Balaban J connectivity index is 1.35. The first kappa shape index (κ1) is 20.9. The van der Waals surface area contributed by atoms with Crippen LogP contribution in [0.2, 0.25) is 5.02 Å². The molecule has 5 nitrogen and oxygen atoms in total. The highest BCUT2D eigenvalue weighted by atomic mass is 35.5. The van der Waals surface area contributed by atoms with Crippen LogP contribution < -0.4 is 9.80 Å². The van der Waals surface area contributed by atoms with E-state index in [4.69, 9.17) is 11.6 Å². The Labute approximate surface area is 193 Å². The zero-order valence-corrected chi connectivity index (χ0v) is 18.8. The molecule has 1 N–H and O–H groups in total. The van der Waals surface area contributed by atoms with E-state index in [1.54, 1.807) is 12.1 Å². The number of fused-ring (bicyclic) bond motifs is 3. The summed E-state index contributed by atoms with van der Waals surface area (Å²) in [6.45, 7) is 4.65. The second-order valence-corrected chi connectivity index (χ2v) is 9.07. The molecule has 0 radical (unpaired) electrons. The molecule has 1 fully saturated rings. The summed E-state index contributed by atoms with van der Waals surface area (Å²) in [5.41, 5.74) is 6.23. The largest absolute Gasteiger partial charge is 0.478 e. The Morgan fingerprint density at radius 1 is 1.00 bits per heavy atom. The van der Waals surface area contributed by atoms with Crippen LogP contribution in [0.3, 0.4) is 0 Å². The van der Waals surface area contributed by atoms with Gasteiger partial charge in [0.25, 0.3) is 0 Å². The number of benzene rings is 3. The predicted molar refractivity (Wildman–Crippen MR) is 130 cm³/mol. The number of anilines is 2.